The van der Waals surface area contributed by atoms with Gasteiger partial charge in [0.1, 0.15) is 4.84 Å². The second-order valence-corrected chi connectivity index (χ2v) is 4.59. The van der Waals surface area contributed by atoms with Crippen molar-refractivity contribution in [2.45, 2.75) is 16.1 Å². The first kappa shape index (κ1) is 9.73. The van der Waals surface area contributed by atoms with E-state index in [2.05, 4.69) is 0 Å². The maximum absolute atomic E-state index is 6.02. The van der Waals surface area contributed by atoms with Crippen LogP contribution in [0, 0.1) is 0 Å². The van der Waals surface area contributed by atoms with Crippen molar-refractivity contribution in [1.82, 2.24) is 0 Å². The van der Waals surface area contributed by atoms with Crippen LogP contribution in [0.5, 0.6) is 0 Å². The van der Waals surface area contributed by atoms with Crippen molar-refractivity contribution in [3.8, 4) is 0 Å². The number of rotatable bonds is 1. The summed E-state index contributed by atoms with van der Waals surface area (Å²) in [6.45, 7) is 0. The van der Waals surface area contributed by atoms with E-state index in [0.29, 0.717) is 11.5 Å². The normalized spacial score (nSPS) is 30.8. The molecule has 0 aromatic carbocycles. The van der Waals surface area contributed by atoms with E-state index in [1.165, 1.54) is 0 Å². The Hall–Kier alpha value is 0.640. The van der Waals surface area contributed by atoms with Crippen LogP contribution in [0.2, 0.25) is 0 Å². The van der Waals surface area contributed by atoms with Gasteiger partial charge in [0.2, 0.25) is 0 Å². The Labute approximate surface area is 85.8 Å². The zero-order chi connectivity index (χ0) is 8.48. The second-order valence-electron chi connectivity index (χ2n) is 2.35. The summed E-state index contributed by atoms with van der Waals surface area (Å²) in [6, 6.07) is 0. The number of allylic oxidation sites excluding steroid dienone is 4. The summed E-state index contributed by atoms with van der Waals surface area (Å²) in [4.78, 5) is -1.29. The van der Waals surface area contributed by atoms with Crippen LogP contribution in [0.25, 0.3) is 0 Å². The molecule has 0 nitrogen and oxygen atoms in total. The zero-order valence-corrected chi connectivity index (χ0v) is 8.55. The molecule has 0 aliphatic heterocycles. The van der Waals surface area contributed by atoms with Gasteiger partial charge in [-0.3, -0.25) is 0 Å². The van der Waals surface area contributed by atoms with E-state index >= 15 is 0 Å². The fourth-order valence-electron chi connectivity index (χ4n) is 0.770. The highest BCUT2D eigenvalue weighted by Gasteiger charge is 2.32. The maximum Gasteiger partial charge on any atom is 0.130 e. The monoisotopic (exact) mass is 230 g/mol. The molecular weight excluding hydrogens is 226 g/mol. The molecule has 0 heterocycles. The molecule has 0 bridgehead atoms. The van der Waals surface area contributed by atoms with Gasteiger partial charge < -0.3 is 0 Å². The fourth-order valence-corrected chi connectivity index (χ4v) is 1.37. The minimum Gasteiger partial charge on any atom is -0.111 e. The Balaban J connectivity index is 2.74. The van der Waals surface area contributed by atoms with Gasteiger partial charge in [-0.1, -0.05) is 23.8 Å². The van der Waals surface area contributed by atoms with Crippen LogP contribution in [0.15, 0.2) is 23.3 Å². The molecule has 1 aliphatic carbocycles. The predicted octanol–water partition coefficient (Wildman–Crippen LogP) is 3.85. The number of hydrogen-bond donors (Lipinski definition) is 0. The molecule has 4 heteroatoms. The summed E-state index contributed by atoms with van der Waals surface area (Å²) >= 11 is 23.0. The van der Waals surface area contributed by atoms with Crippen LogP contribution >= 0.6 is 46.4 Å². The molecule has 0 saturated carbocycles. The van der Waals surface area contributed by atoms with Gasteiger partial charge in [0.05, 0.1) is 4.87 Å². The van der Waals surface area contributed by atoms with Crippen molar-refractivity contribution < 1.29 is 0 Å². The second kappa shape index (κ2) is 3.57. The van der Waals surface area contributed by atoms with Crippen LogP contribution in [0.3, 0.4) is 0 Å². The average molecular weight is 232 g/mol. The first-order chi connectivity index (χ1) is 5.04. The highest BCUT2D eigenvalue weighted by Crippen LogP contribution is 2.36. The molecule has 0 spiro atoms. The number of alkyl halides is 3. The van der Waals surface area contributed by atoms with Gasteiger partial charge >= 0.3 is 0 Å². The van der Waals surface area contributed by atoms with Gasteiger partial charge in [0, 0.05) is 5.03 Å². The first-order valence-corrected chi connectivity index (χ1v) is 4.69. The summed E-state index contributed by atoms with van der Waals surface area (Å²) in [5.41, 5.74) is 0. The summed E-state index contributed by atoms with van der Waals surface area (Å²) in [5, 5.41) is 0.676. The van der Waals surface area contributed by atoms with E-state index in [0.717, 1.165) is 0 Å². The van der Waals surface area contributed by atoms with Gasteiger partial charge in [-0.15, -0.1) is 34.8 Å². The maximum atomic E-state index is 6.02. The molecule has 1 unspecified atom stereocenters. The molecule has 1 rings (SSSR count). The average Bonchev–Trinajstić information content (AvgIpc) is 1.95. The molecular formula is C7H6Cl4. The largest absolute Gasteiger partial charge is 0.130 e. The lowest BCUT2D eigenvalue weighted by Gasteiger charge is -2.25. The van der Waals surface area contributed by atoms with Gasteiger partial charge in [0.15, 0.2) is 0 Å². The Morgan fingerprint density at radius 2 is 2.09 bits per heavy atom. The Morgan fingerprint density at radius 3 is 2.45 bits per heavy atom. The van der Waals surface area contributed by atoms with Crippen molar-refractivity contribution >= 4 is 46.4 Å². The van der Waals surface area contributed by atoms with E-state index in [9.17, 15) is 0 Å². The quantitative estimate of drug-likeness (QED) is 0.602. The van der Waals surface area contributed by atoms with E-state index in [-0.39, 0.29) is 0 Å². The van der Waals surface area contributed by atoms with Crippen molar-refractivity contribution in [2.75, 3.05) is 0 Å². The van der Waals surface area contributed by atoms with Crippen LogP contribution in [0.4, 0.5) is 0 Å². The Bertz CT molecular complexity index is 206. The minimum atomic E-state index is -0.679. The van der Waals surface area contributed by atoms with Crippen molar-refractivity contribution in [3.63, 3.8) is 0 Å². The van der Waals surface area contributed by atoms with Crippen LogP contribution in [-0.2, 0) is 0 Å². The molecule has 0 saturated heterocycles. The molecule has 0 N–H and O–H groups in total. The zero-order valence-electron chi connectivity index (χ0n) is 5.53. The van der Waals surface area contributed by atoms with E-state index in [4.69, 9.17) is 46.4 Å². The Morgan fingerprint density at radius 1 is 1.45 bits per heavy atom. The third-order valence-electron chi connectivity index (χ3n) is 1.49. The summed E-state index contributed by atoms with van der Waals surface area (Å²) in [7, 11) is 0. The highest BCUT2D eigenvalue weighted by molar-refractivity contribution is 6.50. The molecule has 11 heavy (non-hydrogen) atoms. The number of hydrogen-bond acceptors (Lipinski definition) is 0. The fraction of sp³-hybridized carbons (Fsp3) is 0.429. The first-order valence-electron chi connectivity index (χ1n) is 3.06. The van der Waals surface area contributed by atoms with Crippen molar-refractivity contribution in [3.05, 3.63) is 23.3 Å². The molecule has 0 amide bonds. The lowest BCUT2D eigenvalue weighted by Crippen LogP contribution is -2.27. The third kappa shape index (κ3) is 2.29. The van der Waals surface area contributed by atoms with Crippen LogP contribution in [0.1, 0.15) is 6.42 Å². The summed E-state index contributed by atoms with van der Waals surface area (Å²) < 4.78 is 0. The molecule has 0 aromatic rings. The van der Waals surface area contributed by atoms with Gasteiger partial charge in [-0.05, 0) is 12.5 Å². The minimum absolute atomic E-state index is 0.571. The van der Waals surface area contributed by atoms with E-state index in [1.54, 1.807) is 18.2 Å². The van der Waals surface area contributed by atoms with Crippen molar-refractivity contribution in [2.24, 2.45) is 0 Å². The highest BCUT2D eigenvalue weighted by atomic mass is 35.5. The topological polar surface area (TPSA) is 0 Å². The molecule has 62 valence electrons. The van der Waals surface area contributed by atoms with Crippen LogP contribution < -0.4 is 0 Å². The Kier molecular flexibility index (Phi) is 3.16. The van der Waals surface area contributed by atoms with Crippen molar-refractivity contribution in [1.29, 1.82) is 0 Å². The predicted molar refractivity (Wildman–Crippen MR) is 51.8 cm³/mol. The van der Waals surface area contributed by atoms with Gasteiger partial charge in [0.25, 0.3) is 0 Å². The van der Waals surface area contributed by atoms with Gasteiger partial charge in [-0.25, -0.2) is 0 Å². The SMILES string of the molecule is ClC1=CCC(Cl)(C(Cl)Cl)C=C1. The van der Waals surface area contributed by atoms with E-state index in [1.807, 2.05) is 0 Å². The number of halogens is 4. The summed E-state index contributed by atoms with van der Waals surface area (Å²) in [5.74, 6) is 0. The molecule has 1 atom stereocenters. The lowest BCUT2D eigenvalue weighted by molar-refractivity contribution is 0.755. The molecule has 0 fully saturated rings. The lowest BCUT2D eigenvalue weighted by atomic mass is 10.0. The van der Waals surface area contributed by atoms with Gasteiger partial charge in [-0.2, -0.15) is 0 Å². The van der Waals surface area contributed by atoms with E-state index < -0.39 is 9.71 Å². The molecule has 0 radical (unpaired) electrons. The molecule has 0 aromatic heterocycles. The smallest absolute Gasteiger partial charge is 0.111 e. The summed E-state index contributed by atoms with van der Waals surface area (Å²) in [6.07, 6.45) is 5.80. The van der Waals surface area contributed by atoms with Crippen LogP contribution in [-0.4, -0.2) is 9.71 Å². The third-order valence-corrected chi connectivity index (χ3v) is 3.27. The standard InChI is InChI=1S/C7H6Cl4/c8-5-1-3-7(11,4-2-5)6(9)10/h1-3,6H,4H2. The molecule has 1 aliphatic rings.